The number of rotatable bonds is 8. The topological polar surface area (TPSA) is 86.2 Å². The molecule has 3 rings (SSSR count). The number of aromatic nitrogens is 3. The first-order chi connectivity index (χ1) is 13.6. The van der Waals surface area contributed by atoms with Crippen molar-refractivity contribution in [3.63, 3.8) is 0 Å². The number of hydrogen-bond acceptors (Lipinski definition) is 5. The summed E-state index contributed by atoms with van der Waals surface area (Å²) in [4.78, 5) is 14.7. The summed E-state index contributed by atoms with van der Waals surface area (Å²) >= 11 is 5.19. The van der Waals surface area contributed by atoms with Crippen LogP contribution in [-0.4, -0.2) is 54.1 Å². The van der Waals surface area contributed by atoms with Crippen LogP contribution in [0.3, 0.4) is 0 Å². The molecule has 28 heavy (non-hydrogen) atoms. The van der Waals surface area contributed by atoms with Gasteiger partial charge in [-0.2, -0.15) is 5.10 Å². The van der Waals surface area contributed by atoms with Gasteiger partial charge in [0.05, 0.1) is 28.4 Å². The molecule has 9 heteroatoms. The van der Waals surface area contributed by atoms with E-state index in [9.17, 15) is 9.90 Å². The lowest BCUT2D eigenvalue weighted by molar-refractivity contribution is -0.115. The fourth-order valence-corrected chi connectivity index (χ4v) is 3.81. The quantitative estimate of drug-likeness (QED) is 0.392. The maximum atomic E-state index is 12.7. The second kappa shape index (κ2) is 9.45. The number of anilines is 2. The number of carbonyl (C=O) groups is 1. The molecule has 1 heterocycles. The van der Waals surface area contributed by atoms with E-state index in [0.717, 1.165) is 11.4 Å². The zero-order valence-corrected chi connectivity index (χ0v) is 17.2. The van der Waals surface area contributed by atoms with Gasteiger partial charge in [-0.1, -0.05) is 30.8 Å². The first kappa shape index (κ1) is 20.0. The monoisotopic (exact) mass is 411 g/mol. The molecule has 0 aliphatic carbocycles. The lowest BCUT2D eigenvalue weighted by atomic mass is 10.2. The Hall–Kier alpha value is -2.75. The number of para-hydroxylation sites is 1. The Kier molecular flexibility index (Phi) is 6.74. The predicted molar refractivity (Wildman–Crippen MR) is 114 cm³/mol. The van der Waals surface area contributed by atoms with Gasteiger partial charge in [0.25, 0.3) is 0 Å². The molecule has 0 bridgehead atoms. The molecule has 2 radical (unpaired) electrons. The van der Waals surface area contributed by atoms with Crippen LogP contribution in [0.5, 0.6) is 0 Å². The van der Waals surface area contributed by atoms with Gasteiger partial charge in [0.2, 0.25) is 5.91 Å². The number of nitrogens with zero attached hydrogens (tertiary/aromatic N) is 3. The van der Waals surface area contributed by atoms with E-state index >= 15 is 0 Å². The van der Waals surface area contributed by atoms with Crippen molar-refractivity contribution in [3.8, 4) is 5.69 Å². The Morgan fingerprint density at radius 3 is 2.75 bits per heavy atom. The van der Waals surface area contributed by atoms with Crippen LogP contribution in [0.1, 0.15) is 0 Å². The van der Waals surface area contributed by atoms with Crippen molar-refractivity contribution in [1.82, 2.24) is 14.8 Å². The smallest absolute Gasteiger partial charge is 0.243 e. The Morgan fingerprint density at radius 2 is 2.11 bits per heavy atom. The summed E-state index contributed by atoms with van der Waals surface area (Å²) in [6.45, 7) is 2.16. The van der Waals surface area contributed by atoms with Crippen LogP contribution in [0.25, 0.3) is 5.69 Å². The fraction of sp³-hybridized carbons (Fsp3) is 0.211. The van der Waals surface area contributed by atoms with Gasteiger partial charge in [-0.05, 0) is 42.5 Å². The largest absolute Gasteiger partial charge is 0.395 e. The molecule has 1 unspecified atom stereocenters. The van der Waals surface area contributed by atoms with E-state index in [0.29, 0.717) is 20.0 Å². The Labute approximate surface area is 170 Å². The molecule has 0 spiro atoms. The highest BCUT2D eigenvalue weighted by atomic mass is 32.1. The molecule has 7 nitrogen and oxygen atoms in total. The molecule has 2 aromatic carbocycles. The first-order valence-electron chi connectivity index (χ1n) is 8.74. The molecule has 0 fully saturated rings. The van der Waals surface area contributed by atoms with Crippen molar-refractivity contribution in [2.45, 2.75) is 12.2 Å². The lowest BCUT2D eigenvalue weighted by Gasteiger charge is -2.31. The maximum Gasteiger partial charge on any atom is 0.243 e. The van der Waals surface area contributed by atoms with E-state index < -0.39 is 0 Å². The third-order valence-corrected chi connectivity index (χ3v) is 5.69. The van der Waals surface area contributed by atoms with Gasteiger partial charge in [0, 0.05) is 17.0 Å². The standard InChI is InChI=1S/C19H21N5O2SSi/c1-28-18(12-25)23(15-7-3-2-4-8-15)11-17(26)21-14-6-5-9-16(10-14)24-13-20-22-19(24)27/h2-10,13,18,25H,11-12H2,1H3,(H,21,26)(H,22,27). The number of H-pyrrole nitrogens is 1. The van der Waals surface area contributed by atoms with Gasteiger partial charge >= 0.3 is 0 Å². The zero-order valence-electron chi connectivity index (χ0n) is 15.4. The van der Waals surface area contributed by atoms with Crippen molar-refractivity contribution in [3.05, 3.63) is 65.7 Å². The number of benzene rings is 2. The van der Waals surface area contributed by atoms with E-state index in [1.807, 2.05) is 66.0 Å². The van der Waals surface area contributed by atoms with Crippen LogP contribution < -0.4 is 10.2 Å². The molecule has 144 valence electrons. The third-order valence-electron chi connectivity index (χ3n) is 4.24. The number of aliphatic hydroxyl groups is 1. The second-order valence-corrected chi connectivity index (χ2v) is 7.71. The second-order valence-electron chi connectivity index (χ2n) is 6.08. The van der Waals surface area contributed by atoms with E-state index in [2.05, 4.69) is 15.5 Å². The van der Waals surface area contributed by atoms with Crippen LogP contribution in [-0.2, 0) is 4.79 Å². The number of hydrogen-bond donors (Lipinski definition) is 3. The first-order valence-corrected chi connectivity index (χ1v) is 10.7. The van der Waals surface area contributed by atoms with Gasteiger partial charge in [-0.3, -0.25) is 14.5 Å². The summed E-state index contributed by atoms with van der Waals surface area (Å²) < 4.78 is 2.20. The molecular formula is C19H21N5O2SSi. The molecular weight excluding hydrogens is 390 g/mol. The molecule has 3 N–H and O–H groups in total. The number of aliphatic hydroxyl groups excluding tert-OH is 1. The summed E-state index contributed by atoms with van der Waals surface area (Å²) in [5, 5.41) is 19.3. The summed E-state index contributed by atoms with van der Waals surface area (Å²) in [6, 6.07) is 17.0. The minimum atomic E-state index is -0.159. The fourth-order valence-electron chi connectivity index (χ4n) is 2.87. The van der Waals surface area contributed by atoms with E-state index in [-0.39, 0.29) is 24.7 Å². The Morgan fingerprint density at radius 1 is 1.32 bits per heavy atom. The van der Waals surface area contributed by atoms with Crippen molar-refractivity contribution >= 4 is 39.0 Å². The molecule has 1 atom stereocenters. The summed E-state index contributed by atoms with van der Waals surface area (Å²) in [5.41, 5.74) is 2.27. The van der Waals surface area contributed by atoms with Crippen molar-refractivity contribution in [1.29, 1.82) is 0 Å². The van der Waals surface area contributed by atoms with Gasteiger partial charge in [-0.25, -0.2) is 0 Å². The molecule has 0 aliphatic rings. The van der Waals surface area contributed by atoms with Crippen LogP contribution >= 0.6 is 12.2 Å². The number of carbonyl (C=O) groups excluding carboxylic acids is 1. The van der Waals surface area contributed by atoms with Crippen LogP contribution in [0.2, 0.25) is 6.55 Å². The number of nitrogens with one attached hydrogen (secondary N) is 2. The van der Waals surface area contributed by atoms with E-state index in [1.165, 1.54) is 0 Å². The van der Waals surface area contributed by atoms with Crippen molar-refractivity contribution < 1.29 is 9.90 Å². The molecule has 3 aromatic rings. The zero-order chi connectivity index (χ0) is 19.9. The van der Waals surface area contributed by atoms with Gasteiger partial charge < -0.3 is 15.3 Å². The maximum absolute atomic E-state index is 12.7. The van der Waals surface area contributed by atoms with Crippen LogP contribution in [0.15, 0.2) is 60.9 Å². The van der Waals surface area contributed by atoms with E-state index in [1.54, 1.807) is 10.9 Å². The van der Waals surface area contributed by atoms with Crippen molar-refractivity contribution in [2.75, 3.05) is 23.4 Å². The van der Waals surface area contributed by atoms with E-state index in [4.69, 9.17) is 12.2 Å². The lowest BCUT2D eigenvalue weighted by Crippen LogP contribution is -2.45. The highest BCUT2D eigenvalue weighted by Crippen LogP contribution is 2.18. The molecule has 1 amide bonds. The van der Waals surface area contributed by atoms with Crippen molar-refractivity contribution in [2.24, 2.45) is 0 Å². The Bertz CT molecular complexity index is 971. The molecule has 1 aromatic heterocycles. The molecule has 0 aliphatic heterocycles. The highest BCUT2D eigenvalue weighted by Gasteiger charge is 2.20. The SMILES string of the molecule is C[Si]C(CO)N(CC(=O)Nc1cccc(-n2cn[nH]c2=S)c1)c1ccccc1. The number of aromatic amines is 1. The summed E-state index contributed by atoms with van der Waals surface area (Å²) in [5.74, 6) is -0.159. The summed E-state index contributed by atoms with van der Waals surface area (Å²) in [7, 11) is 0.474. The predicted octanol–water partition coefficient (Wildman–Crippen LogP) is 2.45. The normalized spacial score (nSPS) is 11.8. The molecule has 0 saturated heterocycles. The highest BCUT2D eigenvalue weighted by molar-refractivity contribution is 7.71. The minimum absolute atomic E-state index is 0.00859. The average Bonchev–Trinajstić information content (AvgIpc) is 3.15. The average molecular weight is 412 g/mol. The summed E-state index contributed by atoms with van der Waals surface area (Å²) in [6.07, 6.45) is 1.59. The molecule has 0 saturated carbocycles. The Balaban J connectivity index is 1.76. The van der Waals surface area contributed by atoms with Gasteiger partial charge in [0.15, 0.2) is 4.77 Å². The van der Waals surface area contributed by atoms with Crippen LogP contribution in [0.4, 0.5) is 11.4 Å². The third kappa shape index (κ3) is 4.74. The number of amides is 1. The minimum Gasteiger partial charge on any atom is -0.395 e. The van der Waals surface area contributed by atoms with Crippen LogP contribution in [0, 0.1) is 4.77 Å². The van der Waals surface area contributed by atoms with Gasteiger partial charge in [-0.15, -0.1) is 0 Å². The van der Waals surface area contributed by atoms with Gasteiger partial charge in [0.1, 0.15) is 6.33 Å².